The molecule has 2 heteroatoms. The first kappa shape index (κ1) is 16.5. The van der Waals surface area contributed by atoms with Crippen molar-refractivity contribution < 1.29 is 0 Å². The highest BCUT2D eigenvalue weighted by atomic mass is 15.2. The number of nitrogens with zero attached hydrogens (tertiary/aromatic N) is 1. The van der Waals surface area contributed by atoms with Crippen LogP contribution in [0.25, 0.3) is 0 Å². The first-order valence-electron chi connectivity index (χ1n) is 8.87. The molecule has 1 aliphatic heterocycles. The van der Waals surface area contributed by atoms with E-state index >= 15 is 0 Å². The van der Waals surface area contributed by atoms with E-state index in [9.17, 15) is 0 Å². The Bertz CT molecular complexity index is 376. The molecule has 1 heterocycles. The summed E-state index contributed by atoms with van der Waals surface area (Å²) in [6.45, 7) is 8.12. The van der Waals surface area contributed by atoms with Gasteiger partial charge in [0.25, 0.3) is 0 Å². The van der Waals surface area contributed by atoms with E-state index in [1.165, 1.54) is 50.6 Å². The molecule has 0 bridgehead atoms. The van der Waals surface area contributed by atoms with E-state index < -0.39 is 0 Å². The molecule has 1 aromatic rings. The predicted molar refractivity (Wildman–Crippen MR) is 91.6 cm³/mol. The summed E-state index contributed by atoms with van der Waals surface area (Å²) in [6.07, 6.45) is 8.05. The molecule has 0 amide bonds. The Morgan fingerprint density at radius 1 is 1.14 bits per heavy atom. The molecule has 2 atom stereocenters. The van der Waals surface area contributed by atoms with Gasteiger partial charge in [-0.15, -0.1) is 0 Å². The Balaban J connectivity index is 2.05. The van der Waals surface area contributed by atoms with Gasteiger partial charge in [-0.1, -0.05) is 57.0 Å². The Kier molecular flexibility index (Phi) is 7.25. The number of hydrogen-bond acceptors (Lipinski definition) is 2. The SMILES string of the molecule is CCCNC(CN1CCCCCC1CC)c1ccccc1. The molecule has 118 valence electrons. The number of rotatable bonds is 7. The van der Waals surface area contributed by atoms with Crippen LogP contribution in [-0.2, 0) is 0 Å². The molecular formula is C19H32N2. The molecule has 1 N–H and O–H groups in total. The van der Waals surface area contributed by atoms with Crippen molar-refractivity contribution in [3.63, 3.8) is 0 Å². The lowest BCUT2D eigenvalue weighted by Crippen LogP contribution is -2.41. The summed E-state index contributed by atoms with van der Waals surface area (Å²) < 4.78 is 0. The van der Waals surface area contributed by atoms with Gasteiger partial charge in [0.2, 0.25) is 0 Å². The van der Waals surface area contributed by atoms with Crippen LogP contribution >= 0.6 is 0 Å². The largest absolute Gasteiger partial charge is 0.309 e. The van der Waals surface area contributed by atoms with Gasteiger partial charge < -0.3 is 5.32 Å². The van der Waals surface area contributed by atoms with E-state index in [0.717, 1.165) is 19.1 Å². The standard InChI is InChI=1S/C19H32N2/c1-3-14-20-19(17-11-7-5-8-12-17)16-21-15-10-6-9-13-18(21)4-2/h5,7-8,11-12,18-20H,3-4,6,9-10,13-16H2,1-2H3. The summed E-state index contributed by atoms with van der Waals surface area (Å²) in [5.41, 5.74) is 1.44. The highest BCUT2D eigenvalue weighted by molar-refractivity contribution is 5.19. The number of hydrogen-bond donors (Lipinski definition) is 1. The Morgan fingerprint density at radius 3 is 2.67 bits per heavy atom. The van der Waals surface area contributed by atoms with Crippen LogP contribution in [-0.4, -0.2) is 30.6 Å². The van der Waals surface area contributed by atoms with Gasteiger partial charge in [0.1, 0.15) is 0 Å². The van der Waals surface area contributed by atoms with Crippen LogP contribution in [0.3, 0.4) is 0 Å². The fraction of sp³-hybridized carbons (Fsp3) is 0.684. The molecule has 2 unspecified atom stereocenters. The fourth-order valence-corrected chi connectivity index (χ4v) is 3.47. The Morgan fingerprint density at radius 2 is 1.95 bits per heavy atom. The molecule has 1 aliphatic rings. The van der Waals surface area contributed by atoms with E-state index in [0.29, 0.717) is 6.04 Å². The molecule has 1 aromatic carbocycles. The van der Waals surface area contributed by atoms with Crippen LogP contribution in [0, 0.1) is 0 Å². The zero-order valence-corrected chi connectivity index (χ0v) is 13.9. The summed E-state index contributed by atoms with van der Waals surface area (Å²) in [6, 6.07) is 12.2. The minimum atomic E-state index is 0.471. The predicted octanol–water partition coefficient (Wildman–Crippen LogP) is 4.38. The molecule has 2 rings (SSSR count). The maximum absolute atomic E-state index is 3.76. The summed E-state index contributed by atoms with van der Waals surface area (Å²) in [4.78, 5) is 2.74. The van der Waals surface area contributed by atoms with Gasteiger partial charge in [0.05, 0.1) is 0 Å². The second-order valence-corrected chi connectivity index (χ2v) is 6.32. The van der Waals surface area contributed by atoms with Crippen molar-refractivity contribution in [2.75, 3.05) is 19.6 Å². The average molecular weight is 288 g/mol. The summed E-state index contributed by atoms with van der Waals surface area (Å²) in [7, 11) is 0. The second kappa shape index (κ2) is 9.22. The van der Waals surface area contributed by atoms with E-state index in [1.54, 1.807) is 0 Å². The van der Waals surface area contributed by atoms with Crippen molar-refractivity contribution in [1.82, 2.24) is 10.2 Å². The maximum Gasteiger partial charge on any atom is 0.0449 e. The first-order chi connectivity index (χ1) is 10.3. The van der Waals surface area contributed by atoms with Crippen LogP contribution < -0.4 is 5.32 Å². The molecule has 0 aliphatic carbocycles. The van der Waals surface area contributed by atoms with Crippen molar-refractivity contribution in [1.29, 1.82) is 0 Å². The van der Waals surface area contributed by atoms with Crippen molar-refractivity contribution in [3.05, 3.63) is 35.9 Å². The zero-order chi connectivity index (χ0) is 14.9. The van der Waals surface area contributed by atoms with Gasteiger partial charge in [0, 0.05) is 18.6 Å². The van der Waals surface area contributed by atoms with Gasteiger partial charge in [-0.3, -0.25) is 4.90 Å². The summed E-state index contributed by atoms with van der Waals surface area (Å²) in [5.74, 6) is 0. The monoisotopic (exact) mass is 288 g/mol. The molecule has 0 radical (unpaired) electrons. The minimum absolute atomic E-state index is 0.471. The Labute approximate surface area is 130 Å². The van der Waals surface area contributed by atoms with Crippen molar-refractivity contribution in [2.24, 2.45) is 0 Å². The van der Waals surface area contributed by atoms with Gasteiger partial charge >= 0.3 is 0 Å². The molecule has 1 fully saturated rings. The van der Waals surface area contributed by atoms with E-state index in [-0.39, 0.29) is 0 Å². The minimum Gasteiger partial charge on any atom is -0.309 e. The van der Waals surface area contributed by atoms with Crippen molar-refractivity contribution in [2.45, 2.75) is 64.5 Å². The molecular weight excluding hydrogens is 256 g/mol. The van der Waals surface area contributed by atoms with Crippen LogP contribution in [0.2, 0.25) is 0 Å². The lowest BCUT2D eigenvalue weighted by atomic mass is 10.0. The van der Waals surface area contributed by atoms with Gasteiger partial charge in [-0.25, -0.2) is 0 Å². The number of nitrogens with one attached hydrogen (secondary N) is 1. The lowest BCUT2D eigenvalue weighted by molar-refractivity contribution is 0.174. The Hall–Kier alpha value is -0.860. The average Bonchev–Trinajstić information content (AvgIpc) is 2.77. The molecule has 0 spiro atoms. The maximum atomic E-state index is 3.76. The van der Waals surface area contributed by atoms with E-state index in [2.05, 4.69) is 54.4 Å². The van der Waals surface area contributed by atoms with E-state index in [4.69, 9.17) is 0 Å². The van der Waals surface area contributed by atoms with Crippen molar-refractivity contribution in [3.8, 4) is 0 Å². The smallest absolute Gasteiger partial charge is 0.0449 e. The van der Waals surface area contributed by atoms with E-state index in [1.807, 2.05) is 0 Å². The summed E-state index contributed by atoms with van der Waals surface area (Å²) in [5, 5.41) is 3.76. The number of benzene rings is 1. The zero-order valence-electron chi connectivity index (χ0n) is 13.9. The van der Waals surface area contributed by atoms with Crippen LogP contribution in [0.5, 0.6) is 0 Å². The van der Waals surface area contributed by atoms with Gasteiger partial charge in [0.15, 0.2) is 0 Å². The normalized spacial score (nSPS) is 21.9. The fourth-order valence-electron chi connectivity index (χ4n) is 3.47. The van der Waals surface area contributed by atoms with Crippen LogP contribution in [0.4, 0.5) is 0 Å². The third-order valence-corrected chi connectivity index (χ3v) is 4.73. The molecule has 0 saturated carbocycles. The van der Waals surface area contributed by atoms with Crippen molar-refractivity contribution >= 4 is 0 Å². The highest BCUT2D eigenvalue weighted by Crippen LogP contribution is 2.23. The molecule has 0 aromatic heterocycles. The third-order valence-electron chi connectivity index (χ3n) is 4.73. The highest BCUT2D eigenvalue weighted by Gasteiger charge is 2.23. The first-order valence-corrected chi connectivity index (χ1v) is 8.87. The van der Waals surface area contributed by atoms with Gasteiger partial charge in [-0.05, 0) is 44.3 Å². The third kappa shape index (κ3) is 5.12. The summed E-state index contributed by atoms with van der Waals surface area (Å²) >= 11 is 0. The molecule has 2 nitrogen and oxygen atoms in total. The van der Waals surface area contributed by atoms with Crippen LogP contribution in [0.1, 0.15) is 64.0 Å². The number of likely N-dealkylation sites (tertiary alicyclic amines) is 1. The second-order valence-electron chi connectivity index (χ2n) is 6.32. The lowest BCUT2D eigenvalue weighted by Gasteiger charge is -2.33. The molecule has 21 heavy (non-hydrogen) atoms. The van der Waals surface area contributed by atoms with Crippen LogP contribution in [0.15, 0.2) is 30.3 Å². The quantitative estimate of drug-likeness (QED) is 0.801. The van der Waals surface area contributed by atoms with Gasteiger partial charge in [-0.2, -0.15) is 0 Å². The molecule has 1 saturated heterocycles. The topological polar surface area (TPSA) is 15.3 Å².